The molecule has 0 spiro atoms. The topological polar surface area (TPSA) is 26.3 Å². The Kier molecular flexibility index (Phi) is 7.96. The van der Waals surface area contributed by atoms with Gasteiger partial charge in [0.05, 0.1) is 5.94 Å². The third kappa shape index (κ3) is 7.98. The Hall–Kier alpha value is -0.0200. The second-order valence-corrected chi connectivity index (χ2v) is 2.38. The monoisotopic (exact) mass is 147 g/mol. The SMILES string of the molecule is CSCOCCC[C]=O. The molecule has 3 heteroatoms. The maximum Gasteiger partial charge on any atom is 0.198 e. The van der Waals surface area contributed by atoms with Crippen LogP contribution in [-0.2, 0) is 9.53 Å². The van der Waals surface area contributed by atoms with Crippen LogP contribution in [0, 0.1) is 0 Å². The van der Waals surface area contributed by atoms with Crippen LogP contribution >= 0.6 is 11.8 Å². The number of unbranched alkanes of at least 4 members (excludes halogenated alkanes) is 1. The van der Waals surface area contributed by atoms with Crippen molar-refractivity contribution >= 4 is 18.0 Å². The van der Waals surface area contributed by atoms with Crippen LogP contribution in [-0.4, -0.2) is 25.1 Å². The van der Waals surface area contributed by atoms with Crippen LogP contribution in [0.15, 0.2) is 0 Å². The van der Waals surface area contributed by atoms with Crippen LogP contribution in [0.3, 0.4) is 0 Å². The number of hydrogen-bond acceptors (Lipinski definition) is 3. The van der Waals surface area contributed by atoms with Gasteiger partial charge in [0.25, 0.3) is 0 Å². The molecule has 0 aliphatic heterocycles. The van der Waals surface area contributed by atoms with E-state index in [9.17, 15) is 4.79 Å². The fourth-order valence-corrected chi connectivity index (χ4v) is 0.673. The molecule has 0 unspecified atom stereocenters. The molecule has 0 aliphatic carbocycles. The Balaban J connectivity index is 2.66. The van der Waals surface area contributed by atoms with E-state index in [1.54, 1.807) is 11.8 Å². The van der Waals surface area contributed by atoms with Crippen molar-refractivity contribution in [2.24, 2.45) is 0 Å². The van der Waals surface area contributed by atoms with Gasteiger partial charge in [-0.25, -0.2) is 0 Å². The van der Waals surface area contributed by atoms with Gasteiger partial charge in [-0.3, -0.25) is 4.79 Å². The summed E-state index contributed by atoms with van der Waals surface area (Å²) in [5.74, 6) is 0.721. The average molecular weight is 147 g/mol. The standard InChI is InChI=1S/C6H11O2S/c1-9-6-8-5-3-2-4-7/h2-3,5-6H2,1H3. The maximum absolute atomic E-state index is 9.65. The van der Waals surface area contributed by atoms with Gasteiger partial charge in [-0.05, 0) is 12.7 Å². The maximum atomic E-state index is 9.65. The van der Waals surface area contributed by atoms with Crippen LogP contribution in [0.1, 0.15) is 12.8 Å². The van der Waals surface area contributed by atoms with E-state index in [-0.39, 0.29) is 0 Å². The molecule has 0 saturated carbocycles. The van der Waals surface area contributed by atoms with Gasteiger partial charge in [0.2, 0.25) is 0 Å². The van der Waals surface area contributed by atoms with E-state index in [4.69, 9.17) is 4.74 Å². The molecule has 53 valence electrons. The van der Waals surface area contributed by atoms with Crippen LogP contribution in [0.25, 0.3) is 0 Å². The van der Waals surface area contributed by atoms with Crippen LogP contribution in [0.2, 0.25) is 0 Å². The van der Waals surface area contributed by atoms with E-state index < -0.39 is 0 Å². The molecular formula is C6H11O2S. The number of rotatable bonds is 6. The minimum Gasteiger partial charge on any atom is -0.371 e. The van der Waals surface area contributed by atoms with Crippen molar-refractivity contribution in [2.45, 2.75) is 12.8 Å². The Labute approximate surface area is 60.0 Å². The van der Waals surface area contributed by atoms with Crippen molar-refractivity contribution in [1.29, 1.82) is 0 Å². The molecule has 0 aromatic carbocycles. The molecule has 0 heterocycles. The van der Waals surface area contributed by atoms with Gasteiger partial charge >= 0.3 is 0 Å². The highest BCUT2D eigenvalue weighted by molar-refractivity contribution is 7.98. The molecule has 0 N–H and O–H groups in total. The van der Waals surface area contributed by atoms with Crippen molar-refractivity contribution in [3.8, 4) is 0 Å². The highest BCUT2D eigenvalue weighted by atomic mass is 32.2. The summed E-state index contributed by atoms with van der Waals surface area (Å²) in [5, 5.41) is 0. The zero-order valence-electron chi connectivity index (χ0n) is 5.55. The molecule has 0 aliphatic rings. The van der Waals surface area contributed by atoms with Gasteiger partial charge in [-0.1, -0.05) is 0 Å². The predicted molar refractivity (Wildman–Crippen MR) is 39.3 cm³/mol. The first-order valence-electron chi connectivity index (χ1n) is 2.83. The predicted octanol–water partition coefficient (Wildman–Crippen LogP) is 1.21. The highest BCUT2D eigenvalue weighted by Gasteiger charge is 1.85. The lowest BCUT2D eigenvalue weighted by atomic mass is 10.4. The first-order chi connectivity index (χ1) is 4.41. The number of carbonyl (C=O) groups excluding carboxylic acids is 1. The lowest BCUT2D eigenvalue weighted by molar-refractivity contribution is 0.181. The van der Waals surface area contributed by atoms with Crippen LogP contribution in [0.5, 0.6) is 0 Å². The summed E-state index contributed by atoms with van der Waals surface area (Å²) in [5.41, 5.74) is 0. The molecule has 0 fully saturated rings. The Bertz CT molecular complexity index is 66.1. The normalized spacial score (nSPS) is 9.44. The smallest absolute Gasteiger partial charge is 0.198 e. The summed E-state index contributed by atoms with van der Waals surface area (Å²) in [6.07, 6.45) is 5.08. The van der Waals surface area contributed by atoms with Gasteiger partial charge in [0, 0.05) is 13.0 Å². The summed E-state index contributed by atoms with van der Waals surface area (Å²) < 4.78 is 5.07. The third-order valence-electron chi connectivity index (χ3n) is 0.769. The second kappa shape index (κ2) is 7.98. The number of thioether (sulfide) groups is 1. The fourth-order valence-electron chi connectivity index (χ4n) is 0.389. The van der Waals surface area contributed by atoms with Crippen molar-refractivity contribution < 1.29 is 9.53 Å². The molecule has 0 amide bonds. The summed E-state index contributed by atoms with van der Waals surface area (Å²) >= 11 is 1.64. The van der Waals surface area contributed by atoms with Gasteiger partial charge in [0.15, 0.2) is 6.29 Å². The van der Waals surface area contributed by atoms with Crippen molar-refractivity contribution in [1.82, 2.24) is 0 Å². The van der Waals surface area contributed by atoms with Gasteiger partial charge in [-0.2, -0.15) is 0 Å². The lowest BCUT2D eigenvalue weighted by Crippen LogP contribution is -1.92. The molecule has 0 saturated heterocycles. The first kappa shape index (κ1) is 8.98. The Morgan fingerprint density at radius 2 is 2.44 bits per heavy atom. The quantitative estimate of drug-likeness (QED) is 0.417. The first-order valence-corrected chi connectivity index (χ1v) is 4.23. The molecule has 0 rings (SSSR count). The Morgan fingerprint density at radius 3 is 3.00 bits per heavy atom. The molecule has 2 nitrogen and oxygen atoms in total. The van der Waals surface area contributed by atoms with E-state index in [1.165, 1.54) is 0 Å². The van der Waals surface area contributed by atoms with Gasteiger partial charge in [0.1, 0.15) is 0 Å². The zero-order chi connectivity index (χ0) is 6.95. The number of hydrogen-bond donors (Lipinski definition) is 0. The molecule has 0 bridgehead atoms. The summed E-state index contributed by atoms with van der Waals surface area (Å²) in [6, 6.07) is 0. The summed E-state index contributed by atoms with van der Waals surface area (Å²) in [7, 11) is 0. The van der Waals surface area contributed by atoms with Crippen molar-refractivity contribution in [3.63, 3.8) is 0 Å². The molecular weight excluding hydrogens is 136 g/mol. The van der Waals surface area contributed by atoms with E-state index >= 15 is 0 Å². The van der Waals surface area contributed by atoms with Crippen LogP contribution in [0.4, 0.5) is 0 Å². The molecule has 1 radical (unpaired) electrons. The molecule has 0 aromatic rings. The van der Waals surface area contributed by atoms with E-state index in [1.807, 2.05) is 12.5 Å². The van der Waals surface area contributed by atoms with Gasteiger partial charge < -0.3 is 4.74 Å². The summed E-state index contributed by atoms with van der Waals surface area (Å²) in [4.78, 5) is 9.65. The van der Waals surface area contributed by atoms with E-state index in [2.05, 4.69) is 0 Å². The molecule has 0 atom stereocenters. The molecule has 9 heavy (non-hydrogen) atoms. The highest BCUT2D eigenvalue weighted by Crippen LogP contribution is 1.93. The zero-order valence-corrected chi connectivity index (χ0v) is 6.37. The lowest BCUT2D eigenvalue weighted by Gasteiger charge is -1.96. The van der Waals surface area contributed by atoms with Crippen LogP contribution < -0.4 is 0 Å². The molecule has 0 aromatic heterocycles. The largest absolute Gasteiger partial charge is 0.371 e. The third-order valence-corrected chi connectivity index (χ3v) is 1.17. The summed E-state index contributed by atoms with van der Waals surface area (Å²) in [6.45, 7) is 0.677. The Morgan fingerprint density at radius 1 is 1.67 bits per heavy atom. The van der Waals surface area contributed by atoms with E-state index in [0.29, 0.717) is 13.0 Å². The second-order valence-electron chi connectivity index (χ2n) is 1.56. The van der Waals surface area contributed by atoms with Crippen molar-refractivity contribution in [3.05, 3.63) is 0 Å². The van der Waals surface area contributed by atoms with Crippen molar-refractivity contribution in [2.75, 3.05) is 18.8 Å². The average Bonchev–Trinajstić information content (AvgIpc) is 1.89. The number of ether oxygens (including phenoxy) is 1. The minimum absolute atomic E-state index is 0.494. The van der Waals surface area contributed by atoms with E-state index in [0.717, 1.165) is 12.4 Å². The fraction of sp³-hybridized carbons (Fsp3) is 0.833. The van der Waals surface area contributed by atoms with Gasteiger partial charge in [-0.15, -0.1) is 11.8 Å². The minimum atomic E-state index is 0.494.